The van der Waals surface area contributed by atoms with Crippen LogP contribution in [0.4, 0.5) is 0 Å². The summed E-state index contributed by atoms with van der Waals surface area (Å²) in [7, 11) is 0. The number of ether oxygens (including phenoxy) is 8. The van der Waals surface area contributed by atoms with E-state index in [0.29, 0.717) is 37.1 Å². The molecule has 9 aliphatic rings. The zero-order valence-corrected chi connectivity index (χ0v) is 52.1. The highest BCUT2D eigenvalue weighted by atomic mass is 16.5. The lowest BCUT2D eigenvalue weighted by Crippen LogP contribution is -2.53. The van der Waals surface area contributed by atoms with E-state index in [9.17, 15) is 5.11 Å². The van der Waals surface area contributed by atoms with Gasteiger partial charge in [0.25, 0.3) is 0 Å². The Hall–Kier alpha value is -1.04. The minimum atomic E-state index is -0.500. The van der Waals surface area contributed by atoms with Crippen LogP contribution in [-0.4, -0.2) is 109 Å². The normalized spacial score (nSPS) is 25.5. The fourth-order valence-electron chi connectivity index (χ4n) is 9.90. The highest BCUT2D eigenvalue weighted by Gasteiger charge is 2.39. The lowest BCUT2D eigenvalue weighted by atomic mass is 9.78. The standard InChI is InChI=1S/3C8H16O.C7H14O.2C7H12O.C7H14O.C7H14.C6H12O2/c3*1-7(2)5-8-3-4-9-6-8;3*1-6(2)7-3-4-8-5-7;1-6(2)7-4-3-5-8-7;1-6(2)7-4-3-5-7;1-5(2)6(7)3-8-4-6/h3*7-8H,3-6H2,1-2H3;6-7H,3-5H2,1-2H3;5-6H,3-4H2,1-2H3;3,6H,4-5H2,1-2H3;6-7H,3-5H2,1-2H3;6-7H,3-5H2,1-2H3;5,7H,3-4H2,1-2H3/t2*8-;;;;;;;/m10......./s1. The van der Waals surface area contributed by atoms with Gasteiger partial charge < -0.3 is 43.0 Å². The largest absolute Gasteiger partial charge is 0.501 e. The van der Waals surface area contributed by atoms with Crippen LogP contribution in [0.1, 0.15) is 208 Å². The van der Waals surface area contributed by atoms with Gasteiger partial charge >= 0.3 is 0 Å². The average molecular weight is 1050 g/mol. The number of hydrogen-bond donors (Lipinski definition) is 1. The third-order valence-corrected chi connectivity index (χ3v) is 15.9. The third kappa shape index (κ3) is 34.8. The first kappa shape index (κ1) is 71.0. The molecule has 0 aromatic heterocycles. The Labute approximate surface area is 459 Å². The summed E-state index contributed by atoms with van der Waals surface area (Å²) in [4.78, 5) is 0. The summed E-state index contributed by atoms with van der Waals surface area (Å²) in [5.41, 5.74) is 2.40. The van der Waals surface area contributed by atoms with Gasteiger partial charge in [0.1, 0.15) is 5.60 Å². The highest BCUT2D eigenvalue weighted by Crippen LogP contribution is 2.32. The van der Waals surface area contributed by atoms with Crippen LogP contribution in [0.5, 0.6) is 0 Å². The van der Waals surface area contributed by atoms with E-state index in [4.69, 9.17) is 37.9 Å². The second-order valence-electron chi connectivity index (χ2n) is 26.3. The molecule has 0 aromatic rings. The molecule has 440 valence electrons. The molecule has 5 atom stereocenters. The zero-order chi connectivity index (χ0) is 55.5. The van der Waals surface area contributed by atoms with Crippen LogP contribution >= 0.6 is 0 Å². The quantitative estimate of drug-likeness (QED) is 0.192. The van der Waals surface area contributed by atoms with Crippen LogP contribution in [0.2, 0.25) is 0 Å². The maximum Gasteiger partial charge on any atom is 0.113 e. The predicted molar refractivity (Wildman–Crippen MR) is 313 cm³/mol. The Morgan fingerprint density at radius 3 is 1.11 bits per heavy atom. The Morgan fingerprint density at radius 1 is 0.473 bits per heavy atom. The Morgan fingerprint density at radius 2 is 0.946 bits per heavy atom. The van der Waals surface area contributed by atoms with Crippen molar-refractivity contribution < 1.29 is 43.0 Å². The van der Waals surface area contributed by atoms with E-state index in [0.717, 1.165) is 151 Å². The second kappa shape index (κ2) is 41.9. The van der Waals surface area contributed by atoms with Gasteiger partial charge in [-0.2, -0.15) is 0 Å². The van der Waals surface area contributed by atoms with Gasteiger partial charge in [0.15, 0.2) is 0 Å². The topological polar surface area (TPSA) is 94.1 Å². The van der Waals surface area contributed by atoms with E-state index in [1.54, 1.807) is 0 Å². The molecule has 1 aliphatic carbocycles. The monoisotopic (exact) mass is 1050 g/mol. The fourth-order valence-corrected chi connectivity index (χ4v) is 9.90. The van der Waals surface area contributed by atoms with Gasteiger partial charge in [-0.25, -0.2) is 0 Å². The molecule has 8 heterocycles. The summed E-state index contributed by atoms with van der Waals surface area (Å²) in [6.45, 7) is 52.7. The summed E-state index contributed by atoms with van der Waals surface area (Å²) in [6, 6.07) is 0. The molecule has 0 spiro atoms. The molecule has 7 fully saturated rings. The van der Waals surface area contributed by atoms with E-state index < -0.39 is 5.60 Å². The van der Waals surface area contributed by atoms with Crippen LogP contribution in [-0.2, 0) is 37.9 Å². The number of hydrogen-bond acceptors (Lipinski definition) is 9. The number of aliphatic hydroxyl groups is 1. The van der Waals surface area contributed by atoms with Gasteiger partial charge in [0.2, 0.25) is 0 Å². The van der Waals surface area contributed by atoms with Crippen LogP contribution in [0.25, 0.3) is 0 Å². The summed E-state index contributed by atoms with van der Waals surface area (Å²) in [5.74, 6) is 11.2. The molecule has 1 saturated carbocycles. The van der Waals surface area contributed by atoms with Gasteiger partial charge in [-0.15, -0.1) is 0 Å². The lowest BCUT2D eigenvalue weighted by Gasteiger charge is -2.39. The molecule has 0 aromatic carbocycles. The molecule has 9 rings (SSSR count). The Balaban J connectivity index is 0.000000417. The highest BCUT2D eigenvalue weighted by molar-refractivity contribution is 5.09. The molecule has 74 heavy (non-hydrogen) atoms. The van der Waals surface area contributed by atoms with E-state index in [1.807, 2.05) is 20.1 Å². The Bertz CT molecular complexity index is 1230. The van der Waals surface area contributed by atoms with Crippen molar-refractivity contribution in [3.05, 3.63) is 23.5 Å². The minimum Gasteiger partial charge on any atom is -0.501 e. The molecule has 0 radical (unpaired) electrons. The van der Waals surface area contributed by atoms with Crippen LogP contribution in [0.3, 0.4) is 0 Å². The maximum atomic E-state index is 9.36. The van der Waals surface area contributed by atoms with Crippen molar-refractivity contribution in [1.29, 1.82) is 0 Å². The van der Waals surface area contributed by atoms with Crippen LogP contribution < -0.4 is 0 Å². The molecular formula is C65H126O9. The molecule has 3 unspecified atom stereocenters. The van der Waals surface area contributed by atoms with Gasteiger partial charge in [-0.3, -0.25) is 0 Å². The summed E-state index contributed by atoms with van der Waals surface area (Å²) in [5, 5.41) is 9.36. The third-order valence-electron chi connectivity index (χ3n) is 15.9. The molecule has 8 aliphatic heterocycles. The van der Waals surface area contributed by atoms with E-state index >= 15 is 0 Å². The van der Waals surface area contributed by atoms with Crippen molar-refractivity contribution in [3.8, 4) is 0 Å². The van der Waals surface area contributed by atoms with Crippen molar-refractivity contribution in [2.24, 2.45) is 82.9 Å². The first-order valence-electron chi connectivity index (χ1n) is 30.8. The molecule has 6 saturated heterocycles. The Kier molecular flexibility index (Phi) is 40.2. The molecular weight excluding hydrogens is 925 g/mol. The first-order valence-corrected chi connectivity index (χ1v) is 30.8. The smallest absolute Gasteiger partial charge is 0.113 e. The summed E-state index contributed by atoms with van der Waals surface area (Å²) in [6.07, 6.45) is 22.0. The summed E-state index contributed by atoms with van der Waals surface area (Å²) < 4.78 is 41.4. The van der Waals surface area contributed by atoms with Crippen LogP contribution in [0, 0.1) is 82.9 Å². The average Bonchev–Trinajstić information content (AvgIpc) is 4.15. The zero-order valence-electron chi connectivity index (χ0n) is 52.1. The van der Waals surface area contributed by atoms with Gasteiger partial charge in [-0.05, 0) is 152 Å². The van der Waals surface area contributed by atoms with E-state index in [2.05, 4.69) is 117 Å². The first-order chi connectivity index (χ1) is 35.0. The van der Waals surface area contributed by atoms with Gasteiger partial charge in [0.05, 0.1) is 45.4 Å². The van der Waals surface area contributed by atoms with Crippen molar-refractivity contribution in [2.45, 2.75) is 220 Å². The molecule has 9 nitrogen and oxygen atoms in total. The molecule has 1 N–H and O–H groups in total. The summed E-state index contributed by atoms with van der Waals surface area (Å²) >= 11 is 0. The SMILES string of the molecule is CC(C)C1(O)COC1.CC(C)C1=CCOC1.CC(C)C1=COCC1.CC(C)C1CCC1.CC(C)C1CCCO1.CC(C)C1CCOC1.CC(C)CC1CCOC1.CC(C)C[C@@H]1CCOC1.CC(C)C[C@H]1CCOC1. The van der Waals surface area contributed by atoms with E-state index in [-0.39, 0.29) is 0 Å². The van der Waals surface area contributed by atoms with Crippen molar-refractivity contribution >= 4 is 0 Å². The number of rotatable bonds is 12. The second-order valence-corrected chi connectivity index (χ2v) is 26.3. The lowest BCUT2D eigenvalue weighted by molar-refractivity contribution is -0.200. The maximum absolute atomic E-state index is 9.36. The molecule has 0 bridgehead atoms. The predicted octanol–water partition coefficient (Wildman–Crippen LogP) is 16.1. The van der Waals surface area contributed by atoms with Gasteiger partial charge in [0, 0.05) is 65.9 Å². The van der Waals surface area contributed by atoms with Crippen molar-refractivity contribution in [2.75, 3.05) is 92.5 Å². The fraction of sp³-hybridized carbons (Fsp3) is 0.938. The molecule has 9 heteroatoms. The van der Waals surface area contributed by atoms with Gasteiger partial charge in [-0.1, -0.05) is 150 Å². The van der Waals surface area contributed by atoms with Crippen LogP contribution in [0.15, 0.2) is 23.5 Å². The van der Waals surface area contributed by atoms with E-state index in [1.165, 1.54) is 88.2 Å². The minimum absolute atomic E-state index is 0.330. The van der Waals surface area contributed by atoms with Crippen molar-refractivity contribution in [3.63, 3.8) is 0 Å². The molecule has 0 amide bonds. The van der Waals surface area contributed by atoms with Crippen molar-refractivity contribution in [1.82, 2.24) is 0 Å².